The zero-order valence-corrected chi connectivity index (χ0v) is 23.2. The average Bonchev–Trinajstić information content (AvgIpc) is 3.72. The molecular formula is C29H36N6O7. The van der Waals surface area contributed by atoms with E-state index in [1.807, 2.05) is 17.0 Å². The Kier molecular flexibility index (Phi) is 7.89. The summed E-state index contributed by atoms with van der Waals surface area (Å²) in [5, 5.41) is 36.0. The molecule has 6 bridgehead atoms. The van der Waals surface area contributed by atoms with Crippen molar-refractivity contribution in [2.45, 2.75) is 74.8 Å². The van der Waals surface area contributed by atoms with Crippen molar-refractivity contribution in [2.75, 3.05) is 32.7 Å². The maximum Gasteiger partial charge on any atom is 0.244 e. The van der Waals surface area contributed by atoms with Crippen LogP contribution in [0.1, 0.15) is 36.8 Å². The van der Waals surface area contributed by atoms with Gasteiger partial charge in [0.1, 0.15) is 24.4 Å². The Morgan fingerprint density at radius 3 is 2.48 bits per heavy atom. The SMILES string of the molecule is N#Cc1ccc(CN2C[C@@H]3C[C@H]2C(=O)N2CCN(C(=O)C4CC4)[C@@H](C2)C(=O)NC[C@H]2O[C@@H](CC(=O)N3)[C@H](O)[C@@H]2O)cc1. The van der Waals surface area contributed by atoms with Crippen molar-refractivity contribution in [3.63, 3.8) is 0 Å². The fraction of sp³-hybridized carbons (Fsp3) is 0.621. The molecule has 42 heavy (non-hydrogen) atoms. The zero-order chi connectivity index (χ0) is 29.5. The largest absolute Gasteiger partial charge is 0.388 e. The summed E-state index contributed by atoms with van der Waals surface area (Å²) in [6.07, 6.45) is -2.77. The molecule has 4 N–H and O–H groups in total. The van der Waals surface area contributed by atoms with Crippen LogP contribution in [0.4, 0.5) is 0 Å². The molecule has 4 heterocycles. The van der Waals surface area contributed by atoms with E-state index in [9.17, 15) is 29.4 Å². The number of nitrogens with one attached hydrogen (secondary N) is 2. The van der Waals surface area contributed by atoms with Gasteiger partial charge >= 0.3 is 0 Å². The first-order chi connectivity index (χ1) is 20.2. The Morgan fingerprint density at radius 1 is 1.02 bits per heavy atom. The Balaban J connectivity index is 1.28. The number of rotatable bonds is 3. The molecule has 0 aromatic heterocycles. The van der Waals surface area contributed by atoms with E-state index in [1.54, 1.807) is 21.9 Å². The average molecular weight is 581 g/mol. The third-order valence-electron chi connectivity index (χ3n) is 9.05. The molecule has 1 aliphatic carbocycles. The third-order valence-corrected chi connectivity index (χ3v) is 9.05. The molecule has 5 fully saturated rings. The number of ether oxygens (including phenoxy) is 1. The number of piperazine rings is 1. The summed E-state index contributed by atoms with van der Waals surface area (Å²) in [6, 6.07) is 7.39. The van der Waals surface area contributed by atoms with E-state index < -0.39 is 42.4 Å². The maximum atomic E-state index is 14.0. The van der Waals surface area contributed by atoms with Crippen LogP contribution in [0.5, 0.6) is 0 Å². The highest BCUT2D eigenvalue weighted by molar-refractivity contribution is 5.91. The number of aliphatic hydroxyl groups is 2. The molecule has 13 nitrogen and oxygen atoms in total. The molecule has 1 aromatic rings. The number of carbonyl (C=O) groups is 4. The smallest absolute Gasteiger partial charge is 0.244 e. The van der Waals surface area contributed by atoms with Gasteiger partial charge in [0.25, 0.3) is 0 Å². The Morgan fingerprint density at radius 2 is 1.76 bits per heavy atom. The number of benzene rings is 1. The molecule has 0 unspecified atom stereocenters. The van der Waals surface area contributed by atoms with Gasteiger partial charge in [-0.3, -0.25) is 24.1 Å². The number of likely N-dealkylation sites (tertiary alicyclic amines) is 1. The molecule has 1 saturated carbocycles. The first-order valence-corrected chi connectivity index (χ1v) is 14.6. The summed E-state index contributed by atoms with van der Waals surface area (Å²) in [5.74, 6) is -1.18. The number of amides is 4. The van der Waals surface area contributed by atoms with Crippen LogP contribution in [0.3, 0.4) is 0 Å². The number of fused-ring (bicyclic) bond motifs is 6. The van der Waals surface area contributed by atoms with E-state index in [-0.39, 0.29) is 62.3 Å². The van der Waals surface area contributed by atoms with Gasteiger partial charge < -0.3 is 35.4 Å². The molecule has 0 radical (unpaired) electrons. The molecule has 4 saturated heterocycles. The van der Waals surface area contributed by atoms with Crippen molar-refractivity contribution in [1.29, 1.82) is 5.26 Å². The van der Waals surface area contributed by atoms with Crippen molar-refractivity contribution in [1.82, 2.24) is 25.3 Å². The van der Waals surface area contributed by atoms with Crippen molar-refractivity contribution in [2.24, 2.45) is 5.92 Å². The summed E-state index contributed by atoms with van der Waals surface area (Å²) in [4.78, 5) is 58.8. The summed E-state index contributed by atoms with van der Waals surface area (Å²) in [6.45, 7) is 1.24. The third kappa shape index (κ3) is 5.72. The quantitative estimate of drug-likeness (QED) is 0.317. The summed E-state index contributed by atoms with van der Waals surface area (Å²) in [5.41, 5.74) is 1.44. The van der Waals surface area contributed by atoms with Crippen LogP contribution in [0.15, 0.2) is 24.3 Å². The van der Waals surface area contributed by atoms with Crippen LogP contribution in [0.25, 0.3) is 0 Å². The van der Waals surface area contributed by atoms with Gasteiger partial charge in [-0.2, -0.15) is 5.26 Å². The van der Waals surface area contributed by atoms with Crippen LogP contribution in [0.2, 0.25) is 0 Å². The lowest BCUT2D eigenvalue weighted by atomic mass is 10.0. The van der Waals surface area contributed by atoms with Crippen LogP contribution in [0, 0.1) is 17.2 Å². The lowest BCUT2D eigenvalue weighted by Gasteiger charge is -2.42. The summed E-state index contributed by atoms with van der Waals surface area (Å²) in [7, 11) is 0. The van der Waals surface area contributed by atoms with Gasteiger partial charge in [0.2, 0.25) is 23.6 Å². The number of aliphatic hydroxyl groups excluding tert-OH is 2. The molecule has 6 rings (SSSR count). The molecule has 4 amide bonds. The second-order valence-corrected chi connectivity index (χ2v) is 12.0. The second-order valence-electron chi connectivity index (χ2n) is 12.0. The van der Waals surface area contributed by atoms with Gasteiger partial charge in [0.15, 0.2) is 0 Å². The predicted octanol–water partition coefficient (Wildman–Crippen LogP) is -1.92. The van der Waals surface area contributed by atoms with Crippen molar-refractivity contribution in [3.8, 4) is 6.07 Å². The normalized spacial score (nSPS) is 34.1. The van der Waals surface area contributed by atoms with E-state index in [4.69, 9.17) is 10.00 Å². The molecule has 1 aromatic carbocycles. The fourth-order valence-corrected chi connectivity index (χ4v) is 6.56. The van der Waals surface area contributed by atoms with Crippen LogP contribution < -0.4 is 10.6 Å². The number of hydrogen-bond donors (Lipinski definition) is 4. The number of nitriles is 1. The van der Waals surface area contributed by atoms with Gasteiger partial charge in [-0.05, 0) is 37.0 Å². The van der Waals surface area contributed by atoms with E-state index in [0.29, 0.717) is 25.1 Å². The monoisotopic (exact) mass is 580 g/mol. The minimum Gasteiger partial charge on any atom is -0.388 e. The van der Waals surface area contributed by atoms with Gasteiger partial charge in [-0.25, -0.2) is 0 Å². The lowest BCUT2D eigenvalue weighted by Crippen LogP contribution is -2.63. The van der Waals surface area contributed by atoms with E-state index in [0.717, 1.165) is 18.4 Å². The first-order valence-electron chi connectivity index (χ1n) is 14.6. The van der Waals surface area contributed by atoms with Gasteiger partial charge in [-0.15, -0.1) is 0 Å². The van der Waals surface area contributed by atoms with Gasteiger partial charge in [-0.1, -0.05) is 12.1 Å². The zero-order valence-electron chi connectivity index (χ0n) is 23.2. The first kappa shape index (κ1) is 28.5. The Hall–Kier alpha value is -3.57. The number of hydrogen-bond acceptors (Lipinski definition) is 9. The van der Waals surface area contributed by atoms with Gasteiger partial charge in [0, 0.05) is 44.7 Å². The highest BCUT2D eigenvalue weighted by atomic mass is 16.5. The molecule has 224 valence electrons. The molecule has 4 aliphatic heterocycles. The fourth-order valence-electron chi connectivity index (χ4n) is 6.56. The second kappa shape index (κ2) is 11.6. The molecule has 0 spiro atoms. The highest BCUT2D eigenvalue weighted by Crippen LogP contribution is 2.33. The molecule has 7 atom stereocenters. The van der Waals surface area contributed by atoms with Gasteiger partial charge in [0.05, 0.1) is 36.7 Å². The predicted molar refractivity (Wildman–Crippen MR) is 145 cm³/mol. The molecule has 5 aliphatic rings. The minimum absolute atomic E-state index is 0.0285. The summed E-state index contributed by atoms with van der Waals surface area (Å²) >= 11 is 0. The highest BCUT2D eigenvalue weighted by Gasteiger charge is 2.48. The standard InChI is InChI=1S/C29H36N6O7/c30-11-16-1-3-17(4-2-16)13-34-14-19-9-20(34)29(41)33-7-8-35(28(40)18-5-6-18)21(15-33)27(39)31-12-23-26(38)25(37)22(42-23)10-24(36)32-19/h1-4,18-23,25-26,37-38H,5-10,12-15H2,(H,31,39)(H,32,36)/t19-,20-,21-,22-,23+,25-,26+/m0/s1. The number of carbonyl (C=O) groups excluding carboxylic acids is 4. The Bertz CT molecular complexity index is 1280. The topological polar surface area (TPSA) is 176 Å². The van der Waals surface area contributed by atoms with Crippen LogP contribution in [-0.2, 0) is 30.5 Å². The minimum atomic E-state index is -1.31. The molecular weight excluding hydrogens is 544 g/mol. The van der Waals surface area contributed by atoms with Crippen LogP contribution in [-0.4, -0.2) is 124 Å². The van der Waals surface area contributed by atoms with E-state index in [1.165, 1.54) is 0 Å². The summed E-state index contributed by atoms with van der Waals surface area (Å²) < 4.78 is 5.79. The maximum absolute atomic E-state index is 14.0. The van der Waals surface area contributed by atoms with Crippen molar-refractivity contribution >= 4 is 23.6 Å². The Labute approximate surface area is 243 Å². The van der Waals surface area contributed by atoms with Crippen LogP contribution >= 0.6 is 0 Å². The molecule has 13 heteroatoms. The lowest BCUT2D eigenvalue weighted by molar-refractivity contribution is -0.151. The van der Waals surface area contributed by atoms with Crippen molar-refractivity contribution < 1.29 is 34.1 Å². The van der Waals surface area contributed by atoms with Crippen molar-refractivity contribution in [3.05, 3.63) is 35.4 Å². The van der Waals surface area contributed by atoms with E-state index >= 15 is 0 Å². The number of nitrogens with zero attached hydrogens (tertiary/aromatic N) is 4. The van der Waals surface area contributed by atoms with E-state index in [2.05, 4.69) is 16.7 Å².